The van der Waals surface area contributed by atoms with Crippen LogP contribution in [0.15, 0.2) is 83.8 Å². The molecule has 0 spiro atoms. The molecule has 0 aromatic heterocycles. The third kappa shape index (κ3) is 4.46. The van der Waals surface area contributed by atoms with Crippen LogP contribution >= 0.6 is 0 Å². The third-order valence-electron chi connectivity index (χ3n) is 4.85. The van der Waals surface area contributed by atoms with Gasteiger partial charge in [0.25, 0.3) is 15.9 Å². The summed E-state index contributed by atoms with van der Waals surface area (Å²) in [6, 6.07) is 22.2. The van der Waals surface area contributed by atoms with Crippen LogP contribution in [-0.2, 0) is 10.0 Å². The molecule has 1 atom stereocenters. The van der Waals surface area contributed by atoms with E-state index in [1.54, 1.807) is 24.3 Å². The van der Waals surface area contributed by atoms with E-state index in [2.05, 4.69) is 5.32 Å². The van der Waals surface area contributed by atoms with Crippen molar-refractivity contribution in [3.05, 3.63) is 90.0 Å². The van der Waals surface area contributed by atoms with E-state index in [9.17, 15) is 13.2 Å². The fourth-order valence-electron chi connectivity index (χ4n) is 3.06. The average molecular weight is 425 g/mol. The standard InChI is InChI=1S/C23H24N2O4S/c1-17(18-9-5-4-6-10-18)24-23(26)19-13-15-20(16-14-19)30(27,28)25(2)21-11-7-8-12-22(21)29-3/h4-17H,1-3H3,(H,24,26)/t17-/m0/s1. The first-order valence-corrected chi connectivity index (χ1v) is 10.9. The Morgan fingerprint density at radius 1 is 0.933 bits per heavy atom. The van der Waals surface area contributed by atoms with E-state index >= 15 is 0 Å². The van der Waals surface area contributed by atoms with E-state index in [4.69, 9.17) is 4.74 Å². The highest BCUT2D eigenvalue weighted by Crippen LogP contribution is 2.30. The van der Waals surface area contributed by atoms with Gasteiger partial charge in [0.1, 0.15) is 5.75 Å². The lowest BCUT2D eigenvalue weighted by Crippen LogP contribution is -2.28. The predicted octanol–water partition coefficient (Wildman–Crippen LogP) is 4.01. The van der Waals surface area contributed by atoms with Crippen LogP contribution in [0, 0.1) is 0 Å². The molecule has 0 aliphatic rings. The van der Waals surface area contributed by atoms with E-state index in [1.807, 2.05) is 37.3 Å². The van der Waals surface area contributed by atoms with Gasteiger partial charge in [0.05, 0.1) is 23.7 Å². The maximum atomic E-state index is 13.0. The smallest absolute Gasteiger partial charge is 0.264 e. The lowest BCUT2D eigenvalue weighted by atomic mass is 10.1. The molecule has 1 N–H and O–H groups in total. The Morgan fingerprint density at radius 2 is 1.53 bits per heavy atom. The molecule has 0 unspecified atom stereocenters. The second-order valence-corrected chi connectivity index (χ2v) is 8.74. The number of rotatable bonds is 7. The number of methoxy groups -OCH3 is 1. The summed E-state index contributed by atoms with van der Waals surface area (Å²) in [6.45, 7) is 1.90. The number of anilines is 1. The van der Waals surface area contributed by atoms with Gasteiger partial charge in [0, 0.05) is 12.6 Å². The number of amides is 1. The molecular weight excluding hydrogens is 400 g/mol. The minimum absolute atomic E-state index is 0.0866. The van der Waals surface area contributed by atoms with Crippen LogP contribution in [0.3, 0.4) is 0 Å². The Balaban J connectivity index is 1.78. The van der Waals surface area contributed by atoms with Crippen LogP contribution in [0.5, 0.6) is 5.75 Å². The highest BCUT2D eigenvalue weighted by molar-refractivity contribution is 7.92. The van der Waals surface area contributed by atoms with Crippen molar-refractivity contribution in [2.75, 3.05) is 18.5 Å². The van der Waals surface area contributed by atoms with Crippen LogP contribution in [-0.4, -0.2) is 28.5 Å². The molecule has 30 heavy (non-hydrogen) atoms. The molecule has 0 heterocycles. The zero-order chi connectivity index (χ0) is 21.7. The van der Waals surface area contributed by atoms with Gasteiger partial charge in [0.15, 0.2) is 0 Å². The minimum atomic E-state index is -3.81. The van der Waals surface area contributed by atoms with Gasteiger partial charge < -0.3 is 10.1 Å². The van der Waals surface area contributed by atoms with Gasteiger partial charge in [-0.15, -0.1) is 0 Å². The number of ether oxygens (including phenoxy) is 1. The number of nitrogens with one attached hydrogen (secondary N) is 1. The molecule has 0 saturated heterocycles. The van der Waals surface area contributed by atoms with Crippen LogP contribution < -0.4 is 14.4 Å². The summed E-state index contributed by atoms with van der Waals surface area (Å²) in [6.07, 6.45) is 0. The molecule has 0 bridgehead atoms. The summed E-state index contributed by atoms with van der Waals surface area (Å²) < 4.78 is 32.5. The Hall–Kier alpha value is -3.32. The topological polar surface area (TPSA) is 75.7 Å². The summed E-state index contributed by atoms with van der Waals surface area (Å²) >= 11 is 0. The molecule has 3 rings (SSSR count). The lowest BCUT2D eigenvalue weighted by molar-refractivity contribution is 0.0940. The number of sulfonamides is 1. The molecule has 0 aliphatic carbocycles. The molecular formula is C23H24N2O4S. The number of carbonyl (C=O) groups excluding carboxylic acids is 1. The molecule has 3 aromatic rings. The molecule has 0 aliphatic heterocycles. The van der Waals surface area contributed by atoms with Crippen molar-refractivity contribution in [2.45, 2.75) is 17.9 Å². The predicted molar refractivity (Wildman–Crippen MR) is 117 cm³/mol. The van der Waals surface area contributed by atoms with E-state index < -0.39 is 10.0 Å². The van der Waals surface area contributed by atoms with Crippen LogP contribution in [0.25, 0.3) is 0 Å². The Morgan fingerprint density at radius 3 is 2.17 bits per heavy atom. The number of hydrogen-bond acceptors (Lipinski definition) is 4. The average Bonchev–Trinajstić information content (AvgIpc) is 2.79. The normalized spacial score (nSPS) is 12.1. The van der Waals surface area contributed by atoms with Crippen LogP contribution in [0.4, 0.5) is 5.69 Å². The lowest BCUT2D eigenvalue weighted by Gasteiger charge is -2.21. The Kier molecular flexibility index (Phi) is 6.42. The first-order valence-electron chi connectivity index (χ1n) is 9.42. The summed E-state index contributed by atoms with van der Waals surface area (Å²) in [4.78, 5) is 12.6. The summed E-state index contributed by atoms with van der Waals surface area (Å²) in [7, 11) is -0.855. The van der Waals surface area contributed by atoms with Gasteiger partial charge in [-0.3, -0.25) is 9.10 Å². The highest BCUT2D eigenvalue weighted by atomic mass is 32.2. The van der Waals surface area contributed by atoms with Gasteiger partial charge in [-0.05, 0) is 48.9 Å². The van der Waals surface area contributed by atoms with Gasteiger partial charge in [-0.2, -0.15) is 0 Å². The quantitative estimate of drug-likeness (QED) is 0.622. The second kappa shape index (κ2) is 9.00. The fraction of sp³-hybridized carbons (Fsp3) is 0.174. The van der Waals surface area contributed by atoms with E-state index in [1.165, 1.54) is 42.7 Å². The maximum Gasteiger partial charge on any atom is 0.264 e. The first kappa shape index (κ1) is 21.4. The Labute approximate surface area is 177 Å². The van der Waals surface area contributed by atoms with Crippen molar-refractivity contribution < 1.29 is 17.9 Å². The monoisotopic (exact) mass is 424 g/mol. The van der Waals surface area contributed by atoms with Gasteiger partial charge in [-0.25, -0.2) is 8.42 Å². The van der Waals surface area contributed by atoms with Crippen molar-refractivity contribution in [3.63, 3.8) is 0 Å². The molecule has 6 nitrogen and oxygen atoms in total. The molecule has 156 valence electrons. The SMILES string of the molecule is COc1ccccc1N(C)S(=O)(=O)c1ccc(C(=O)N[C@@H](C)c2ccccc2)cc1. The Bertz CT molecular complexity index is 1110. The summed E-state index contributed by atoms with van der Waals surface area (Å²) in [5, 5.41) is 2.92. The molecule has 3 aromatic carbocycles. The van der Waals surface area contributed by atoms with E-state index in [-0.39, 0.29) is 16.8 Å². The van der Waals surface area contributed by atoms with Crippen LogP contribution in [0.1, 0.15) is 28.9 Å². The summed E-state index contributed by atoms with van der Waals surface area (Å²) in [5.74, 6) is 0.183. The van der Waals surface area contributed by atoms with Crippen molar-refractivity contribution in [1.29, 1.82) is 0 Å². The molecule has 0 fully saturated rings. The fourth-order valence-corrected chi connectivity index (χ4v) is 4.27. The van der Waals surface area contributed by atoms with Gasteiger partial charge >= 0.3 is 0 Å². The van der Waals surface area contributed by atoms with Gasteiger partial charge in [0.2, 0.25) is 0 Å². The van der Waals surface area contributed by atoms with Crippen molar-refractivity contribution in [1.82, 2.24) is 5.32 Å². The number of nitrogens with zero attached hydrogens (tertiary/aromatic N) is 1. The third-order valence-corrected chi connectivity index (χ3v) is 6.63. The van der Waals surface area contributed by atoms with E-state index in [0.717, 1.165) is 5.56 Å². The summed E-state index contributed by atoms with van der Waals surface area (Å²) in [5.41, 5.74) is 1.80. The molecule has 0 radical (unpaired) electrons. The van der Waals surface area contributed by atoms with Crippen molar-refractivity contribution >= 4 is 21.6 Å². The highest BCUT2D eigenvalue weighted by Gasteiger charge is 2.24. The molecule has 0 saturated carbocycles. The number of para-hydroxylation sites is 2. The van der Waals surface area contributed by atoms with Gasteiger partial charge in [-0.1, -0.05) is 42.5 Å². The number of hydrogen-bond donors (Lipinski definition) is 1. The maximum absolute atomic E-state index is 13.0. The van der Waals surface area contributed by atoms with E-state index in [0.29, 0.717) is 17.0 Å². The second-order valence-electron chi connectivity index (χ2n) is 6.77. The van der Waals surface area contributed by atoms with Crippen molar-refractivity contribution in [2.24, 2.45) is 0 Å². The minimum Gasteiger partial charge on any atom is -0.495 e. The number of carbonyl (C=O) groups is 1. The zero-order valence-corrected chi connectivity index (χ0v) is 17.9. The van der Waals surface area contributed by atoms with Crippen molar-refractivity contribution in [3.8, 4) is 5.75 Å². The molecule has 7 heteroatoms. The zero-order valence-electron chi connectivity index (χ0n) is 17.1. The number of benzene rings is 3. The first-order chi connectivity index (χ1) is 14.3. The largest absolute Gasteiger partial charge is 0.495 e. The van der Waals surface area contributed by atoms with Crippen LogP contribution in [0.2, 0.25) is 0 Å². The molecule has 1 amide bonds.